The van der Waals surface area contributed by atoms with Crippen molar-refractivity contribution in [2.45, 2.75) is 32.4 Å². The number of esters is 1. The standard InChI is InChI=1S/C29H26ClFN6O4/c1-29(2,3)41-28(40)19-9-11-20(12-10-19)33-27(39)26(18-7-5-4-6-8-18)34-24(38)16-13-21-23(37-17-32-35-36-37)15-14-22(30)25(21)31/h4-17,26H,1-3H3,(H,33,39)(H,34,38)/b16-13+/t26-/m0/s1. The Balaban J connectivity index is 1.52. The fourth-order valence-corrected chi connectivity index (χ4v) is 3.89. The van der Waals surface area contributed by atoms with E-state index in [1.165, 1.54) is 41.4 Å². The number of nitrogens with zero attached hydrogens (tertiary/aromatic N) is 4. The molecule has 0 radical (unpaired) electrons. The fraction of sp³-hybridized carbons (Fsp3) is 0.172. The normalized spacial score (nSPS) is 12.1. The van der Waals surface area contributed by atoms with Crippen LogP contribution in [0, 0.1) is 5.82 Å². The lowest BCUT2D eigenvalue weighted by atomic mass is 10.1. The molecule has 210 valence electrons. The third-order valence-electron chi connectivity index (χ3n) is 5.58. The number of tetrazole rings is 1. The lowest BCUT2D eigenvalue weighted by molar-refractivity contribution is -0.123. The second-order valence-electron chi connectivity index (χ2n) is 9.80. The lowest BCUT2D eigenvalue weighted by Gasteiger charge is -2.20. The molecule has 2 N–H and O–H groups in total. The Morgan fingerprint density at radius 3 is 2.37 bits per heavy atom. The first kappa shape index (κ1) is 29.1. The highest BCUT2D eigenvalue weighted by molar-refractivity contribution is 6.31. The molecule has 12 heteroatoms. The maximum atomic E-state index is 14.9. The molecule has 0 saturated carbocycles. The van der Waals surface area contributed by atoms with Crippen LogP contribution in [0.3, 0.4) is 0 Å². The van der Waals surface area contributed by atoms with Gasteiger partial charge in [-0.3, -0.25) is 9.59 Å². The number of hydrogen-bond acceptors (Lipinski definition) is 7. The number of benzene rings is 3. The van der Waals surface area contributed by atoms with Crippen LogP contribution >= 0.6 is 11.6 Å². The zero-order valence-corrected chi connectivity index (χ0v) is 23.1. The first-order chi connectivity index (χ1) is 19.5. The molecular formula is C29H26ClFN6O4. The maximum Gasteiger partial charge on any atom is 0.338 e. The number of anilines is 1. The highest BCUT2D eigenvalue weighted by atomic mass is 35.5. The van der Waals surface area contributed by atoms with E-state index < -0.39 is 35.2 Å². The summed E-state index contributed by atoms with van der Waals surface area (Å²) in [6, 6.07) is 16.6. The van der Waals surface area contributed by atoms with Gasteiger partial charge in [0.2, 0.25) is 5.91 Å². The van der Waals surface area contributed by atoms with Crippen molar-refractivity contribution in [1.82, 2.24) is 25.5 Å². The minimum Gasteiger partial charge on any atom is -0.456 e. The number of hydrogen-bond donors (Lipinski definition) is 2. The van der Waals surface area contributed by atoms with Gasteiger partial charge in [0.1, 0.15) is 18.0 Å². The van der Waals surface area contributed by atoms with E-state index in [-0.39, 0.29) is 16.3 Å². The van der Waals surface area contributed by atoms with Crippen molar-refractivity contribution >= 4 is 41.1 Å². The Kier molecular flexibility index (Phi) is 8.88. The first-order valence-electron chi connectivity index (χ1n) is 12.4. The Hall–Kier alpha value is -4.90. The van der Waals surface area contributed by atoms with E-state index in [0.29, 0.717) is 16.8 Å². The molecular weight excluding hydrogens is 551 g/mol. The monoisotopic (exact) mass is 576 g/mol. The largest absolute Gasteiger partial charge is 0.456 e. The van der Waals surface area contributed by atoms with Crippen molar-refractivity contribution < 1.29 is 23.5 Å². The van der Waals surface area contributed by atoms with E-state index in [1.54, 1.807) is 63.2 Å². The van der Waals surface area contributed by atoms with Gasteiger partial charge in [-0.05, 0) is 79.2 Å². The van der Waals surface area contributed by atoms with Crippen LogP contribution in [-0.2, 0) is 14.3 Å². The first-order valence-corrected chi connectivity index (χ1v) is 12.8. The van der Waals surface area contributed by atoms with Gasteiger partial charge in [-0.1, -0.05) is 41.9 Å². The summed E-state index contributed by atoms with van der Waals surface area (Å²) in [5.74, 6) is -2.46. The SMILES string of the molecule is CC(C)(C)OC(=O)c1ccc(NC(=O)[C@@H](NC(=O)/C=C/c2c(-n3cnnn3)ccc(Cl)c2F)c2ccccc2)cc1. The summed E-state index contributed by atoms with van der Waals surface area (Å²) in [6.45, 7) is 5.31. The molecule has 0 unspecified atom stereocenters. The molecule has 0 aliphatic carbocycles. The summed E-state index contributed by atoms with van der Waals surface area (Å²) in [5, 5.41) is 16.1. The number of amides is 2. The predicted molar refractivity (Wildman–Crippen MR) is 151 cm³/mol. The summed E-state index contributed by atoms with van der Waals surface area (Å²) >= 11 is 5.95. The molecule has 0 fully saturated rings. The van der Waals surface area contributed by atoms with E-state index >= 15 is 0 Å². The smallest absolute Gasteiger partial charge is 0.338 e. The number of carbonyl (C=O) groups excluding carboxylic acids is 3. The van der Waals surface area contributed by atoms with E-state index in [1.807, 2.05) is 0 Å². The summed E-state index contributed by atoms with van der Waals surface area (Å²) in [4.78, 5) is 38.5. The van der Waals surface area contributed by atoms with Crippen LogP contribution in [0.4, 0.5) is 10.1 Å². The second kappa shape index (κ2) is 12.5. The van der Waals surface area contributed by atoms with Crippen molar-refractivity contribution in [3.05, 3.63) is 107 Å². The van der Waals surface area contributed by atoms with Crippen LogP contribution in [0.15, 0.2) is 79.1 Å². The molecule has 1 atom stereocenters. The quantitative estimate of drug-likeness (QED) is 0.225. The highest BCUT2D eigenvalue weighted by Gasteiger charge is 2.23. The average molecular weight is 577 g/mol. The highest BCUT2D eigenvalue weighted by Crippen LogP contribution is 2.25. The van der Waals surface area contributed by atoms with Gasteiger partial charge in [-0.25, -0.2) is 9.18 Å². The molecule has 0 saturated heterocycles. The van der Waals surface area contributed by atoms with Gasteiger partial charge >= 0.3 is 5.97 Å². The molecule has 4 aromatic rings. The molecule has 1 heterocycles. The van der Waals surface area contributed by atoms with Gasteiger partial charge in [0.05, 0.1) is 16.3 Å². The number of halogens is 2. The maximum absolute atomic E-state index is 14.9. The fourth-order valence-electron chi connectivity index (χ4n) is 3.72. The second-order valence-corrected chi connectivity index (χ2v) is 10.2. The molecule has 0 spiro atoms. The third kappa shape index (κ3) is 7.61. The van der Waals surface area contributed by atoms with Crippen LogP contribution in [0.2, 0.25) is 5.02 Å². The third-order valence-corrected chi connectivity index (χ3v) is 5.87. The molecule has 2 amide bonds. The summed E-state index contributed by atoms with van der Waals surface area (Å²) in [5.41, 5.74) is 0.831. The van der Waals surface area contributed by atoms with Crippen molar-refractivity contribution in [3.63, 3.8) is 0 Å². The van der Waals surface area contributed by atoms with Crippen LogP contribution in [0.25, 0.3) is 11.8 Å². The van der Waals surface area contributed by atoms with E-state index in [4.69, 9.17) is 16.3 Å². The number of nitrogens with one attached hydrogen (secondary N) is 2. The molecule has 0 bridgehead atoms. The lowest BCUT2D eigenvalue weighted by Crippen LogP contribution is -2.36. The Morgan fingerprint density at radius 1 is 1.02 bits per heavy atom. The van der Waals surface area contributed by atoms with Gasteiger partial charge in [-0.15, -0.1) is 5.10 Å². The van der Waals surface area contributed by atoms with Crippen LogP contribution in [-0.4, -0.2) is 43.6 Å². The number of carbonyl (C=O) groups is 3. The molecule has 3 aromatic carbocycles. The topological polar surface area (TPSA) is 128 Å². The summed E-state index contributed by atoms with van der Waals surface area (Å²) < 4.78 is 21.5. The average Bonchev–Trinajstić information content (AvgIpc) is 3.47. The minimum absolute atomic E-state index is 0.0225. The summed E-state index contributed by atoms with van der Waals surface area (Å²) in [7, 11) is 0. The van der Waals surface area contributed by atoms with Gasteiger partial charge < -0.3 is 15.4 Å². The predicted octanol–water partition coefficient (Wildman–Crippen LogP) is 4.92. The van der Waals surface area contributed by atoms with Crippen LogP contribution in [0.5, 0.6) is 0 Å². The van der Waals surface area contributed by atoms with E-state index in [9.17, 15) is 18.8 Å². The number of ether oxygens (including phenoxy) is 1. The van der Waals surface area contributed by atoms with Crippen LogP contribution in [0.1, 0.15) is 48.3 Å². The number of aromatic nitrogens is 4. The van der Waals surface area contributed by atoms with Gasteiger partial charge in [0.15, 0.2) is 5.82 Å². The van der Waals surface area contributed by atoms with Crippen molar-refractivity contribution in [3.8, 4) is 5.69 Å². The molecule has 41 heavy (non-hydrogen) atoms. The molecule has 0 aliphatic heterocycles. The number of rotatable bonds is 8. The Labute approximate surface area is 240 Å². The zero-order chi connectivity index (χ0) is 29.6. The van der Waals surface area contributed by atoms with Gasteiger partial charge in [0.25, 0.3) is 5.91 Å². The Morgan fingerprint density at radius 2 is 1.73 bits per heavy atom. The van der Waals surface area contributed by atoms with E-state index in [0.717, 1.165) is 6.08 Å². The minimum atomic E-state index is -1.10. The Bertz CT molecular complexity index is 1570. The van der Waals surface area contributed by atoms with Gasteiger partial charge in [0, 0.05) is 17.3 Å². The van der Waals surface area contributed by atoms with Gasteiger partial charge in [-0.2, -0.15) is 4.68 Å². The molecule has 10 nitrogen and oxygen atoms in total. The molecule has 0 aliphatic rings. The van der Waals surface area contributed by atoms with Crippen LogP contribution < -0.4 is 10.6 Å². The molecule has 4 rings (SSSR count). The van der Waals surface area contributed by atoms with Crippen molar-refractivity contribution in [1.29, 1.82) is 0 Å². The van der Waals surface area contributed by atoms with E-state index in [2.05, 4.69) is 26.2 Å². The van der Waals surface area contributed by atoms with Crippen molar-refractivity contribution in [2.75, 3.05) is 5.32 Å². The zero-order valence-electron chi connectivity index (χ0n) is 22.3. The summed E-state index contributed by atoms with van der Waals surface area (Å²) in [6.07, 6.45) is 3.58. The molecule has 1 aromatic heterocycles. The van der Waals surface area contributed by atoms with Crippen molar-refractivity contribution in [2.24, 2.45) is 0 Å².